The lowest BCUT2D eigenvalue weighted by molar-refractivity contribution is -0.136. The molecule has 2 aromatic carbocycles. The topological polar surface area (TPSA) is 134 Å². The number of amides is 1. The molecule has 252 valence electrons. The van der Waals surface area contributed by atoms with Crippen LogP contribution in [0.2, 0.25) is 0 Å². The molecule has 0 saturated heterocycles. The van der Waals surface area contributed by atoms with E-state index >= 15 is 0 Å². The second kappa shape index (κ2) is 14.7. The van der Waals surface area contributed by atoms with Crippen molar-refractivity contribution in [2.45, 2.75) is 115 Å². The van der Waals surface area contributed by atoms with E-state index in [1.807, 2.05) is 48.5 Å². The summed E-state index contributed by atoms with van der Waals surface area (Å²) in [5.74, 6) is -3.31. The fourth-order valence-electron chi connectivity index (χ4n) is 5.70. The summed E-state index contributed by atoms with van der Waals surface area (Å²) in [6.45, 7) is 14.6. The molecule has 2 atom stereocenters. The largest absolute Gasteiger partial charge is 0.481 e. The normalized spacial score (nSPS) is 14.1. The van der Waals surface area contributed by atoms with Gasteiger partial charge in [0.05, 0.1) is 23.3 Å². The Bertz CT molecular complexity index is 1670. The van der Waals surface area contributed by atoms with Gasteiger partial charge in [-0.25, -0.2) is 18.5 Å². The molecule has 0 aliphatic heterocycles. The van der Waals surface area contributed by atoms with Gasteiger partial charge in [0.1, 0.15) is 11.6 Å². The summed E-state index contributed by atoms with van der Waals surface area (Å²) < 4.78 is 56.8. The summed E-state index contributed by atoms with van der Waals surface area (Å²) in [5.41, 5.74) is 2.06. The van der Waals surface area contributed by atoms with Gasteiger partial charge >= 0.3 is 5.97 Å². The van der Waals surface area contributed by atoms with Crippen LogP contribution in [-0.4, -0.2) is 35.5 Å². The maximum atomic E-state index is 14.6. The number of aromatic nitrogens is 1. The van der Waals surface area contributed by atoms with E-state index in [-0.39, 0.29) is 47.8 Å². The van der Waals surface area contributed by atoms with Gasteiger partial charge in [-0.05, 0) is 101 Å². The van der Waals surface area contributed by atoms with Crippen LogP contribution in [0.15, 0.2) is 34.8 Å². The molecular weight excluding hydrogens is 635 g/mol. The van der Waals surface area contributed by atoms with Crippen LogP contribution < -0.4 is 4.72 Å². The number of carbonyl (C=O) groups is 2. The molecule has 1 aromatic heterocycles. The Morgan fingerprint density at radius 1 is 0.870 bits per heavy atom. The van der Waals surface area contributed by atoms with Gasteiger partial charge in [0, 0.05) is 6.20 Å². The van der Waals surface area contributed by atoms with Crippen LogP contribution in [0, 0.1) is 11.6 Å². The fraction of sp³-hybridized carbons (Fsp3) is 0.500. The van der Waals surface area contributed by atoms with E-state index in [9.17, 15) is 37.0 Å². The first-order chi connectivity index (χ1) is 21.2. The van der Waals surface area contributed by atoms with Crippen LogP contribution in [0.5, 0.6) is 0 Å². The highest BCUT2D eigenvalue weighted by atomic mass is 32.2. The van der Waals surface area contributed by atoms with E-state index in [4.69, 9.17) is 0 Å². The minimum absolute atomic E-state index is 0.0950. The van der Waals surface area contributed by atoms with Crippen molar-refractivity contribution < 1.29 is 37.0 Å². The number of halogens is 2. The minimum Gasteiger partial charge on any atom is -0.481 e. The van der Waals surface area contributed by atoms with Crippen molar-refractivity contribution in [2.24, 2.45) is 0 Å². The summed E-state index contributed by atoms with van der Waals surface area (Å²) >= 11 is 0.730. The quantitative estimate of drug-likeness (QED) is 0.163. The number of carboxylic acids is 1. The fourth-order valence-corrected chi connectivity index (χ4v) is 7.91. The lowest BCUT2D eigenvalue weighted by Gasteiger charge is -2.25. The molecule has 0 aliphatic carbocycles. The first-order valence-corrected chi connectivity index (χ1v) is 17.6. The zero-order valence-corrected chi connectivity index (χ0v) is 29.2. The molecule has 1 heterocycles. The highest BCUT2D eigenvalue weighted by Gasteiger charge is 2.31. The Morgan fingerprint density at radius 2 is 1.33 bits per heavy atom. The van der Waals surface area contributed by atoms with E-state index in [0.717, 1.165) is 11.3 Å². The maximum Gasteiger partial charge on any atom is 0.307 e. The number of nitrogens with zero attached hydrogens (tertiary/aromatic N) is 1. The summed E-state index contributed by atoms with van der Waals surface area (Å²) in [5, 5.41) is 20.8. The Labute approximate surface area is 274 Å². The first kappa shape index (κ1) is 37.2. The second-order valence-electron chi connectivity index (χ2n) is 13.1. The lowest BCUT2D eigenvalue weighted by Crippen LogP contribution is -2.32. The molecule has 1 amide bonds. The van der Waals surface area contributed by atoms with Crippen molar-refractivity contribution in [1.82, 2.24) is 9.71 Å². The Balaban J connectivity index is 1.79. The number of rotatable bonds is 14. The highest BCUT2D eigenvalue weighted by molar-refractivity contribution is 7.92. The molecule has 0 bridgehead atoms. The van der Waals surface area contributed by atoms with Crippen LogP contribution in [0.3, 0.4) is 0 Å². The van der Waals surface area contributed by atoms with Gasteiger partial charge in [-0.15, -0.1) is 11.3 Å². The van der Waals surface area contributed by atoms with E-state index in [1.165, 1.54) is 37.4 Å². The molecule has 0 radical (unpaired) electrons. The number of hydrogen-bond acceptors (Lipinski definition) is 7. The molecule has 12 heteroatoms. The number of carbonyl (C=O) groups excluding carboxylic acids is 1. The van der Waals surface area contributed by atoms with Crippen LogP contribution in [0.4, 0.5) is 8.78 Å². The predicted octanol–water partition coefficient (Wildman–Crippen LogP) is 7.26. The molecule has 3 N–H and O–H groups in total. The van der Waals surface area contributed by atoms with E-state index in [2.05, 4.69) is 9.71 Å². The molecule has 8 nitrogen and oxygen atoms in total. The third-order valence-electron chi connectivity index (χ3n) is 8.19. The molecular formula is C34H44F2N2O6S2. The predicted molar refractivity (Wildman–Crippen MR) is 175 cm³/mol. The van der Waals surface area contributed by atoms with Gasteiger partial charge in [0.15, 0.2) is 0 Å². The Hall–Kier alpha value is -3.22. The van der Waals surface area contributed by atoms with Crippen molar-refractivity contribution in [2.75, 3.05) is 0 Å². The van der Waals surface area contributed by atoms with Gasteiger partial charge in [-0.1, -0.05) is 48.5 Å². The van der Waals surface area contributed by atoms with Crippen molar-refractivity contribution in [3.8, 4) is 0 Å². The zero-order chi connectivity index (χ0) is 34.7. The summed E-state index contributed by atoms with van der Waals surface area (Å²) in [6.07, 6.45) is 1.20. The molecule has 2 unspecified atom stereocenters. The number of aliphatic carboxylic acids is 1. The van der Waals surface area contributed by atoms with Gasteiger partial charge in [-0.2, -0.15) is 8.42 Å². The minimum atomic E-state index is -4.38. The van der Waals surface area contributed by atoms with Gasteiger partial charge in [-0.3, -0.25) is 9.59 Å². The van der Waals surface area contributed by atoms with Crippen LogP contribution in [-0.2, 0) is 38.1 Å². The summed E-state index contributed by atoms with van der Waals surface area (Å²) in [6, 6.07) is 5.44. The molecule has 46 heavy (non-hydrogen) atoms. The molecule has 0 saturated carbocycles. The third-order valence-corrected chi connectivity index (χ3v) is 11.2. The number of hydrogen-bond donors (Lipinski definition) is 3. The van der Waals surface area contributed by atoms with Crippen molar-refractivity contribution >= 4 is 33.2 Å². The molecule has 0 fully saturated rings. The second-order valence-corrected chi connectivity index (χ2v) is 16.0. The van der Waals surface area contributed by atoms with Gasteiger partial charge < -0.3 is 10.2 Å². The van der Waals surface area contributed by atoms with Gasteiger partial charge in [0.25, 0.3) is 10.0 Å². The number of carboxylic acid groups (broad SMARTS) is 1. The summed E-state index contributed by atoms with van der Waals surface area (Å²) in [4.78, 5) is 28.9. The number of sulfonamides is 1. The molecule has 0 aliphatic rings. The average molecular weight is 679 g/mol. The van der Waals surface area contributed by atoms with Crippen LogP contribution in [0.1, 0.15) is 130 Å². The van der Waals surface area contributed by atoms with Crippen molar-refractivity contribution in [3.05, 3.63) is 80.4 Å². The smallest absolute Gasteiger partial charge is 0.307 e. The highest BCUT2D eigenvalue weighted by Crippen LogP contribution is 2.37. The summed E-state index contributed by atoms with van der Waals surface area (Å²) in [7, 11) is -4.38. The van der Waals surface area contributed by atoms with Crippen LogP contribution in [0.25, 0.3) is 0 Å². The SMILES string of the molecule is CC(C)c1cc(F)cc(C(C)C)c1CC(=O)NS(=O)(=O)c1ncc(C(C)(O)CCC(C)c2cc(F)cc(C(C)C)c2CC(=O)O)s1. The molecule has 3 aromatic rings. The van der Waals surface area contributed by atoms with Crippen molar-refractivity contribution in [3.63, 3.8) is 0 Å². The maximum absolute atomic E-state index is 14.6. The van der Waals surface area contributed by atoms with Crippen molar-refractivity contribution in [1.29, 1.82) is 0 Å². The number of aliphatic hydroxyl groups is 1. The van der Waals surface area contributed by atoms with E-state index < -0.39 is 43.5 Å². The molecule has 0 spiro atoms. The standard InChI is InChI=1S/C34H44F2N2O6S2/c1-18(2)24-11-22(35)12-25(19(3)4)28(24)15-31(39)38-46(43,44)33-37-17-30(45-33)34(8,42)10-9-21(7)27-14-23(36)13-26(20(5)6)29(27)16-32(40)41/h11-14,17-21,42H,9-10,15-16H2,1-8H3,(H,38,39)(H,40,41). The Kier molecular flexibility index (Phi) is 11.9. The van der Waals surface area contributed by atoms with Crippen LogP contribution >= 0.6 is 11.3 Å². The number of benzene rings is 2. The zero-order valence-electron chi connectivity index (χ0n) is 27.6. The lowest BCUT2D eigenvalue weighted by atomic mass is 9.83. The first-order valence-electron chi connectivity index (χ1n) is 15.3. The number of thiazole rings is 1. The van der Waals surface area contributed by atoms with E-state index in [1.54, 1.807) is 0 Å². The monoisotopic (exact) mass is 678 g/mol. The average Bonchev–Trinajstić information content (AvgIpc) is 3.45. The van der Waals surface area contributed by atoms with E-state index in [0.29, 0.717) is 39.8 Å². The molecule has 3 rings (SSSR count). The van der Waals surface area contributed by atoms with Gasteiger partial charge in [0.2, 0.25) is 10.2 Å². The third kappa shape index (κ3) is 8.98. The Morgan fingerprint density at radius 3 is 1.78 bits per heavy atom. The number of nitrogens with one attached hydrogen (secondary N) is 1.